The Balaban J connectivity index is 3.02. The summed E-state index contributed by atoms with van der Waals surface area (Å²) in [4.78, 5) is 11.0. The van der Waals surface area contributed by atoms with E-state index in [4.69, 9.17) is 6.42 Å². The number of hydrogen-bond acceptors (Lipinski definition) is 2. The average Bonchev–Trinajstić information content (AvgIpc) is 2.32. The van der Waals surface area contributed by atoms with Gasteiger partial charge in [0.05, 0.1) is 5.69 Å². The molecule has 0 unspecified atom stereocenters. The van der Waals surface area contributed by atoms with Crippen molar-refractivity contribution in [3.63, 3.8) is 0 Å². The molecule has 68 valence electrons. The van der Waals surface area contributed by atoms with Gasteiger partial charge in [-0.2, -0.15) is 5.10 Å². The lowest BCUT2D eigenvalue weighted by Gasteiger charge is -1.96. The molecular formula is C10H12N2O. The first-order chi connectivity index (χ1) is 6.06. The third-order valence-electron chi connectivity index (χ3n) is 2.16. The highest BCUT2D eigenvalue weighted by Crippen LogP contribution is 2.12. The van der Waals surface area contributed by atoms with Crippen molar-refractivity contribution in [2.45, 2.75) is 20.3 Å². The standard InChI is InChI=1S/C10H12N2O/c1-5-9(13)6-10-7(2)11-12(4)8(10)3/h1H,6H2,2-4H3. The summed E-state index contributed by atoms with van der Waals surface area (Å²) in [6.07, 6.45) is 5.29. The van der Waals surface area contributed by atoms with Gasteiger partial charge in [0, 0.05) is 24.7 Å². The van der Waals surface area contributed by atoms with Gasteiger partial charge in [-0.3, -0.25) is 9.48 Å². The Labute approximate surface area is 77.8 Å². The summed E-state index contributed by atoms with van der Waals surface area (Å²) in [6.45, 7) is 3.81. The van der Waals surface area contributed by atoms with Gasteiger partial charge in [0.15, 0.2) is 0 Å². The fourth-order valence-electron chi connectivity index (χ4n) is 1.28. The first kappa shape index (κ1) is 9.53. The Morgan fingerprint density at radius 3 is 2.62 bits per heavy atom. The topological polar surface area (TPSA) is 34.9 Å². The molecule has 1 heterocycles. The minimum Gasteiger partial charge on any atom is -0.285 e. The van der Waals surface area contributed by atoms with Crippen LogP contribution in [0.4, 0.5) is 0 Å². The molecule has 0 aliphatic carbocycles. The molecular weight excluding hydrogens is 164 g/mol. The van der Waals surface area contributed by atoms with Crippen molar-refractivity contribution in [2.75, 3.05) is 0 Å². The Hall–Kier alpha value is -1.56. The Morgan fingerprint density at radius 2 is 2.23 bits per heavy atom. The van der Waals surface area contributed by atoms with Crippen LogP contribution in [-0.4, -0.2) is 15.6 Å². The second kappa shape index (κ2) is 3.44. The number of carbonyl (C=O) groups is 1. The third-order valence-corrected chi connectivity index (χ3v) is 2.16. The van der Waals surface area contributed by atoms with Gasteiger partial charge in [-0.05, 0) is 19.8 Å². The van der Waals surface area contributed by atoms with Gasteiger partial charge in [0.25, 0.3) is 0 Å². The summed E-state index contributed by atoms with van der Waals surface area (Å²) in [6, 6.07) is 0. The molecule has 0 saturated carbocycles. The van der Waals surface area contributed by atoms with E-state index in [9.17, 15) is 4.79 Å². The maximum Gasteiger partial charge on any atom is 0.209 e. The second-order valence-electron chi connectivity index (χ2n) is 3.02. The molecule has 0 spiro atoms. The molecule has 0 aromatic carbocycles. The zero-order chi connectivity index (χ0) is 10.0. The number of rotatable bonds is 2. The molecule has 13 heavy (non-hydrogen) atoms. The molecule has 3 heteroatoms. The Kier molecular flexibility index (Phi) is 2.52. The van der Waals surface area contributed by atoms with E-state index in [1.165, 1.54) is 0 Å². The quantitative estimate of drug-likeness (QED) is 0.493. The summed E-state index contributed by atoms with van der Waals surface area (Å²) >= 11 is 0. The molecule has 0 radical (unpaired) electrons. The van der Waals surface area contributed by atoms with Crippen LogP contribution in [0.25, 0.3) is 0 Å². The maximum atomic E-state index is 11.0. The van der Waals surface area contributed by atoms with Gasteiger partial charge >= 0.3 is 0 Å². The van der Waals surface area contributed by atoms with Gasteiger partial charge in [0.2, 0.25) is 5.78 Å². The number of ketones is 1. The summed E-state index contributed by atoms with van der Waals surface area (Å²) in [7, 11) is 1.85. The fraction of sp³-hybridized carbons (Fsp3) is 0.400. The van der Waals surface area contributed by atoms with E-state index >= 15 is 0 Å². The minimum absolute atomic E-state index is 0.195. The molecule has 1 rings (SSSR count). The Morgan fingerprint density at radius 1 is 1.62 bits per heavy atom. The van der Waals surface area contributed by atoms with Crippen molar-refractivity contribution in [1.29, 1.82) is 0 Å². The smallest absolute Gasteiger partial charge is 0.209 e. The zero-order valence-corrected chi connectivity index (χ0v) is 8.09. The van der Waals surface area contributed by atoms with Gasteiger partial charge < -0.3 is 0 Å². The van der Waals surface area contributed by atoms with Crippen LogP contribution in [0.15, 0.2) is 0 Å². The van der Waals surface area contributed by atoms with Crippen LogP contribution in [-0.2, 0) is 18.3 Å². The number of aromatic nitrogens is 2. The van der Waals surface area contributed by atoms with E-state index in [2.05, 4.69) is 11.0 Å². The highest BCUT2D eigenvalue weighted by atomic mass is 16.1. The monoisotopic (exact) mass is 176 g/mol. The van der Waals surface area contributed by atoms with Crippen molar-refractivity contribution >= 4 is 5.78 Å². The van der Waals surface area contributed by atoms with Crippen molar-refractivity contribution < 1.29 is 4.79 Å². The van der Waals surface area contributed by atoms with Crippen LogP contribution in [0.5, 0.6) is 0 Å². The molecule has 3 nitrogen and oxygen atoms in total. The van der Waals surface area contributed by atoms with E-state index in [1.807, 2.05) is 20.9 Å². The lowest BCUT2D eigenvalue weighted by atomic mass is 10.1. The van der Waals surface area contributed by atoms with Gasteiger partial charge in [-0.1, -0.05) is 0 Å². The lowest BCUT2D eigenvalue weighted by molar-refractivity contribution is -0.113. The predicted octanol–water partition coefficient (Wildman–Crippen LogP) is 0.782. The summed E-state index contributed by atoms with van der Waals surface area (Å²) in [5, 5.41) is 4.19. The second-order valence-corrected chi connectivity index (χ2v) is 3.02. The van der Waals surface area contributed by atoms with Crippen LogP contribution in [0.2, 0.25) is 0 Å². The molecule has 1 aromatic rings. The Bertz CT molecular complexity index is 382. The number of nitrogens with zero attached hydrogens (tertiary/aromatic N) is 2. The summed E-state index contributed by atoms with van der Waals surface area (Å²) < 4.78 is 1.76. The predicted molar refractivity (Wildman–Crippen MR) is 50.2 cm³/mol. The molecule has 0 atom stereocenters. The van der Waals surface area contributed by atoms with Crippen LogP contribution in [0.1, 0.15) is 17.0 Å². The summed E-state index contributed by atoms with van der Waals surface area (Å²) in [5.74, 6) is 1.91. The number of carbonyl (C=O) groups excluding carboxylic acids is 1. The van der Waals surface area contributed by atoms with E-state index in [0.29, 0.717) is 6.42 Å². The van der Waals surface area contributed by atoms with Crippen molar-refractivity contribution in [3.8, 4) is 12.3 Å². The van der Waals surface area contributed by atoms with Crippen LogP contribution < -0.4 is 0 Å². The number of terminal acetylenes is 1. The zero-order valence-electron chi connectivity index (χ0n) is 8.09. The largest absolute Gasteiger partial charge is 0.285 e. The average molecular weight is 176 g/mol. The first-order valence-electron chi connectivity index (χ1n) is 4.04. The van der Waals surface area contributed by atoms with E-state index in [1.54, 1.807) is 4.68 Å². The van der Waals surface area contributed by atoms with Crippen molar-refractivity contribution in [3.05, 3.63) is 17.0 Å². The summed E-state index contributed by atoms with van der Waals surface area (Å²) in [5.41, 5.74) is 2.83. The fourth-order valence-corrected chi connectivity index (χ4v) is 1.28. The molecule has 0 N–H and O–H groups in total. The van der Waals surface area contributed by atoms with Gasteiger partial charge in [0.1, 0.15) is 0 Å². The normalized spacial score (nSPS) is 9.69. The SMILES string of the molecule is C#CC(=O)Cc1c(C)nn(C)c1C. The molecule has 0 fully saturated rings. The number of hydrogen-bond donors (Lipinski definition) is 0. The maximum absolute atomic E-state index is 11.0. The van der Waals surface area contributed by atoms with Crippen LogP contribution in [0.3, 0.4) is 0 Å². The molecule has 0 aliphatic heterocycles. The third kappa shape index (κ3) is 1.78. The van der Waals surface area contributed by atoms with Crippen LogP contribution in [0, 0.1) is 26.2 Å². The first-order valence-corrected chi connectivity index (χ1v) is 4.04. The minimum atomic E-state index is -0.195. The highest BCUT2D eigenvalue weighted by Gasteiger charge is 2.11. The molecule has 0 saturated heterocycles. The van der Waals surface area contributed by atoms with Gasteiger partial charge in [-0.15, -0.1) is 6.42 Å². The van der Waals surface area contributed by atoms with E-state index < -0.39 is 0 Å². The highest BCUT2D eigenvalue weighted by molar-refractivity contribution is 5.96. The number of aryl methyl sites for hydroxylation is 2. The van der Waals surface area contributed by atoms with Crippen molar-refractivity contribution in [2.24, 2.45) is 7.05 Å². The molecule has 0 bridgehead atoms. The van der Waals surface area contributed by atoms with Crippen molar-refractivity contribution in [1.82, 2.24) is 9.78 Å². The van der Waals surface area contributed by atoms with Crippen LogP contribution >= 0.6 is 0 Å². The van der Waals surface area contributed by atoms with E-state index in [0.717, 1.165) is 17.0 Å². The lowest BCUT2D eigenvalue weighted by Crippen LogP contribution is -2.01. The van der Waals surface area contributed by atoms with Gasteiger partial charge in [-0.25, -0.2) is 0 Å². The number of Topliss-reactive ketones (excluding diaryl/α,β-unsaturated/α-hetero) is 1. The molecule has 0 aliphatic rings. The molecule has 0 amide bonds. The van der Waals surface area contributed by atoms with E-state index in [-0.39, 0.29) is 5.78 Å². The molecule has 1 aromatic heterocycles.